The van der Waals surface area contributed by atoms with Gasteiger partial charge in [0.2, 0.25) is 0 Å². The molecule has 0 aliphatic heterocycles. The van der Waals surface area contributed by atoms with Crippen LogP contribution in [0.3, 0.4) is 0 Å². The summed E-state index contributed by atoms with van der Waals surface area (Å²) in [5.74, 6) is 0.197. The highest BCUT2D eigenvalue weighted by molar-refractivity contribution is 7.05. The van der Waals surface area contributed by atoms with E-state index in [1.54, 1.807) is 20.0 Å². The molecule has 0 aliphatic rings. The number of nitrogens with one attached hydrogen (secondary N) is 2. The molecule has 96 valence electrons. The number of hydrogen-bond donors (Lipinski definition) is 2. The second-order valence-electron chi connectivity index (χ2n) is 3.96. The Hall–Kier alpha value is -1.96. The number of hydrogen-bond acceptors (Lipinski definition) is 5. The van der Waals surface area contributed by atoms with E-state index in [2.05, 4.69) is 19.9 Å². The number of H-pyrrole nitrogens is 1. The SMILES string of the molecule is Cc1cc(C(=O)NC(C)c2n[nH]c(=O)n2C)ns1. The minimum atomic E-state index is -0.372. The third kappa shape index (κ3) is 2.33. The second-order valence-corrected chi connectivity index (χ2v) is 4.97. The Bertz CT molecular complexity index is 626. The van der Waals surface area contributed by atoms with Crippen LogP contribution in [-0.4, -0.2) is 25.0 Å². The van der Waals surface area contributed by atoms with Gasteiger partial charge in [-0.15, -0.1) is 0 Å². The molecular weight excluding hydrogens is 254 g/mol. The molecule has 0 saturated carbocycles. The molecule has 18 heavy (non-hydrogen) atoms. The summed E-state index contributed by atoms with van der Waals surface area (Å²) in [6.07, 6.45) is 0. The molecular formula is C10H13N5O2S. The van der Waals surface area contributed by atoms with E-state index in [1.807, 2.05) is 6.92 Å². The van der Waals surface area contributed by atoms with Crippen molar-refractivity contribution >= 4 is 17.4 Å². The first-order valence-corrected chi connectivity index (χ1v) is 6.12. The molecule has 2 rings (SSSR count). The van der Waals surface area contributed by atoms with Crippen LogP contribution in [0.5, 0.6) is 0 Å². The predicted octanol–water partition coefficient (Wildman–Crippen LogP) is 0.364. The number of aryl methyl sites for hydroxylation is 1. The zero-order valence-electron chi connectivity index (χ0n) is 10.2. The van der Waals surface area contributed by atoms with Crippen LogP contribution >= 0.6 is 11.5 Å². The normalized spacial score (nSPS) is 12.4. The molecule has 0 spiro atoms. The maximum absolute atomic E-state index is 11.9. The molecule has 0 bridgehead atoms. The van der Waals surface area contributed by atoms with Gasteiger partial charge in [-0.2, -0.15) is 9.47 Å². The van der Waals surface area contributed by atoms with E-state index in [-0.39, 0.29) is 17.6 Å². The van der Waals surface area contributed by atoms with Crippen LogP contribution in [0.25, 0.3) is 0 Å². The lowest BCUT2D eigenvalue weighted by molar-refractivity contribution is 0.0933. The lowest BCUT2D eigenvalue weighted by Gasteiger charge is -2.11. The molecule has 0 aromatic carbocycles. The standard InChI is InChI=1S/C10H13N5O2S/c1-5-4-7(14-18-5)9(16)11-6(2)8-12-13-10(17)15(8)3/h4,6H,1-3H3,(H,11,16)(H,13,17). The van der Waals surface area contributed by atoms with Crippen molar-refractivity contribution in [1.29, 1.82) is 0 Å². The van der Waals surface area contributed by atoms with Crippen LogP contribution in [0.4, 0.5) is 0 Å². The molecule has 1 unspecified atom stereocenters. The monoisotopic (exact) mass is 267 g/mol. The molecule has 8 heteroatoms. The summed E-state index contributed by atoms with van der Waals surface area (Å²) in [5, 5.41) is 8.93. The van der Waals surface area contributed by atoms with Gasteiger partial charge in [-0.25, -0.2) is 9.89 Å². The second kappa shape index (κ2) is 4.73. The summed E-state index contributed by atoms with van der Waals surface area (Å²) in [4.78, 5) is 24.1. The molecule has 1 amide bonds. The Balaban J connectivity index is 2.12. The van der Waals surface area contributed by atoms with Gasteiger partial charge in [0.25, 0.3) is 5.91 Å². The number of nitrogens with zero attached hydrogens (tertiary/aromatic N) is 3. The summed E-state index contributed by atoms with van der Waals surface area (Å²) < 4.78 is 5.38. The molecule has 1 atom stereocenters. The fourth-order valence-corrected chi connectivity index (χ4v) is 2.10. The minimum absolute atomic E-state index is 0.276. The Morgan fingerprint density at radius 2 is 2.33 bits per heavy atom. The first-order chi connectivity index (χ1) is 8.49. The van der Waals surface area contributed by atoms with E-state index in [9.17, 15) is 9.59 Å². The zero-order valence-corrected chi connectivity index (χ0v) is 11.0. The predicted molar refractivity (Wildman–Crippen MR) is 66.6 cm³/mol. The van der Waals surface area contributed by atoms with Gasteiger partial charge in [0.05, 0.1) is 6.04 Å². The van der Waals surface area contributed by atoms with Gasteiger partial charge >= 0.3 is 5.69 Å². The Morgan fingerprint density at radius 1 is 1.61 bits per heavy atom. The Morgan fingerprint density at radius 3 is 2.83 bits per heavy atom. The number of carbonyl (C=O) groups is 1. The molecule has 7 nitrogen and oxygen atoms in total. The molecule has 2 aromatic rings. The van der Waals surface area contributed by atoms with Gasteiger partial charge in [0, 0.05) is 11.9 Å². The Labute approximate surface area is 107 Å². The summed E-state index contributed by atoms with van der Waals surface area (Å²) in [7, 11) is 1.59. The van der Waals surface area contributed by atoms with Gasteiger partial charge in [-0.1, -0.05) is 0 Å². The highest BCUT2D eigenvalue weighted by atomic mass is 32.1. The summed E-state index contributed by atoms with van der Waals surface area (Å²) >= 11 is 1.28. The first kappa shape index (κ1) is 12.5. The van der Waals surface area contributed by atoms with Crippen molar-refractivity contribution in [2.45, 2.75) is 19.9 Å². The summed E-state index contributed by atoms with van der Waals surface area (Å²) in [5.41, 5.74) is 0.0699. The van der Waals surface area contributed by atoms with Crippen molar-refractivity contribution in [3.8, 4) is 0 Å². The van der Waals surface area contributed by atoms with Crippen LogP contribution < -0.4 is 11.0 Å². The quantitative estimate of drug-likeness (QED) is 0.840. The fraction of sp³-hybridized carbons (Fsp3) is 0.400. The van der Waals surface area contributed by atoms with E-state index in [4.69, 9.17) is 0 Å². The average molecular weight is 267 g/mol. The zero-order chi connectivity index (χ0) is 13.3. The number of aromatic nitrogens is 4. The van der Waals surface area contributed by atoms with Gasteiger partial charge in [-0.05, 0) is 31.4 Å². The largest absolute Gasteiger partial charge is 0.343 e. The molecule has 0 fully saturated rings. The van der Waals surface area contributed by atoms with Crippen LogP contribution in [0.2, 0.25) is 0 Å². The summed E-state index contributed by atoms with van der Waals surface area (Å²) in [6.45, 7) is 3.64. The van der Waals surface area contributed by atoms with Crippen LogP contribution in [-0.2, 0) is 7.05 Å². The third-order valence-electron chi connectivity index (χ3n) is 2.51. The maximum Gasteiger partial charge on any atom is 0.343 e. The number of amides is 1. The van der Waals surface area contributed by atoms with Crippen molar-refractivity contribution < 1.29 is 4.79 Å². The number of aromatic amines is 1. The number of carbonyl (C=O) groups excluding carboxylic acids is 1. The minimum Gasteiger partial charge on any atom is -0.341 e. The van der Waals surface area contributed by atoms with Crippen LogP contribution in [0.15, 0.2) is 10.9 Å². The van der Waals surface area contributed by atoms with Gasteiger partial charge in [-0.3, -0.25) is 9.36 Å². The Kier molecular flexibility index (Phi) is 3.28. The van der Waals surface area contributed by atoms with E-state index >= 15 is 0 Å². The highest BCUT2D eigenvalue weighted by Gasteiger charge is 2.17. The average Bonchev–Trinajstić information content (AvgIpc) is 2.87. The highest BCUT2D eigenvalue weighted by Crippen LogP contribution is 2.10. The van der Waals surface area contributed by atoms with E-state index < -0.39 is 0 Å². The molecule has 0 saturated heterocycles. The fourth-order valence-electron chi connectivity index (χ4n) is 1.55. The van der Waals surface area contributed by atoms with Crippen LogP contribution in [0, 0.1) is 6.92 Å². The van der Waals surface area contributed by atoms with Crippen molar-refractivity contribution in [3.05, 3.63) is 32.9 Å². The van der Waals surface area contributed by atoms with Crippen molar-refractivity contribution in [3.63, 3.8) is 0 Å². The van der Waals surface area contributed by atoms with Crippen molar-refractivity contribution in [2.75, 3.05) is 0 Å². The van der Waals surface area contributed by atoms with Gasteiger partial charge < -0.3 is 5.32 Å². The van der Waals surface area contributed by atoms with Crippen molar-refractivity contribution in [1.82, 2.24) is 24.5 Å². The van der Waals surface area contributed by atoms with Crippen molar-refractivity contribution in [2.24, 2.45) is 7.05 Å². The lowest BCUT2D eigenvalue weighted by atomic mass is 10.3. The van der Waals surface area contributed by atoms with E-state index in [1.165, 1.54) is 16.1 Å². The first-order valence-electron chi connectivity index (χ1n) is 5.34. The number of rotatable bonds is 3. The van der Waals surface area contributed by atoms with Crippen LogP contribution in [0.1, 0.15) is 34.2 Å². The van der Waals surface area contributed by atoms with Gasteiger partial charge in [0.15, 0.2) is 5.82 Å². The van der Waals surface area contributed by atoms with Gasteiger partial charge in [0.1, 0.15) is 5.69 Å². The molecule has 0 radical (unpaired) electrons. The lowest BCUT2D eigenvalue weighted by Crippen LogP contribution is -2.29. The maximum atomic E-state index is 11.9. The molecule has 2 aromatic heterocycles. The molecule has 2 N–H and O–H groups in total. The smallest absolute Gasteiger partial charge is 0.341 e. The molecule has 2 heterocycles. The van der Waals surface area contributed by atoms with E-state index in [0.717, 1.165) is 4.88 Å². The third-order valence-corrected chi connectivity index (χ3v) is 3.20. The topological polar surface area (TPSA) is 92.7 Å². The van der Waals surface area contributed by atoms with E-state index in [0.29, 0.717) is 11.5 Å². The molecule has 0 aliphatic carbocycles. The summed E-state index contributed by atoms with van der Waals surface area (Å²) in [6, 6.07) is 1.35.